The molecule has 0 aromatic heterocycles. The number of ether oxygens (including phenoxy) is 1. The minimum Gasteiger partial charge on any atom is -0.457 e. The van der Waals surface area contributed by atoms with Crippen molar-refractivity contribution in [2.45, 2.75) is 78.7 Å². The Morgan fingerprint density at radius 2 is 1.88 bits per heavy atom. The maximum Gasteiger partial charge on any atom is 0.311 e. The van der Waals surface area contributed by atoms with Gasteiger partial charge in [-0.05, 0) is 75.5 Å². The van der Waals surface area contributed by atoms with Gasteiger partial charge in [-0.2, -0.15) is 0 Å². The molecular formula is C27H37FO6. The molecule has 7 heteroatoms. The quantitative estimate of drug-likeness (QED) is 0.606. The maximum absolute atomic E-state index is 15.5. The lowest BCUT2D eigenvalue weighted by Crippen LogP contribution is -2.63. The number of esters is 1. The number of fused-ring (bicyclic) bond motifs is 5. The molecule has 0 unspecified atom stereocenters. The second-order valence-corrected chi connectivity index (χ2v) is 12.5. The number of alkyl halides is 1. The molecule has 3 saturated carbocycles. The third-order valence-corrected chi connectivity index (χ3v) is 9.43. The molecule has 4 rings (SSSR count). The molecule has 0 radical (unpaired) electrons. The highest BCUT2D eigenvalue weighted by Crippen LogP contribution is 2.68. The van der Waals surface area contributed by atoms with Crippen molar-refractivity contribution in [1.29, 1.82) is 0 Å². The molecule has 0 aliphatic heterocycles. The van der Waals surface area contributed by atoms with E-state index in [4.69, 9.17) is 4.74 Å². The molecule has 6 nitrogen and oxygen atoms in total. The van der Waals surface area contributed by atoms with Crippen molar-refractivity contribution < 1.29 is 33.7 Å². The lowest BCUT2D eigenvalue weighted by Gasteiger charge is -2.60. The Bertz CT molecular complexity index is 978. The minimum atomic E-state index is -1.80. The lowest BCUT2D eigenvalue weighted by atomic mass is 9.46. The normalized spacial score (nSPS) is 45.7. The second-order valence-electron chi connectivity index (χ2n) is 12.5. The van der Waals surface area contributed by atoms with Gasteiger partial charge in [-0.3, -0.25) is 14.4 Å². The molecule has 0 bridgehead atoms. The first-order valence-electron chi connectivity index (χ1n) is 12.3. The van der Waals surface area contributed by atoms with Gasteiger partial charge in [-0.15, -0.1) is 0 Å². The predicted octanol–water partition coefficient (Wildman–Crippen LogP) is 3.35. The van der Waals surface area contributed by atoms with Crippen LogP contribution >= 0.6 is 0 Å². The largest absolute Gasteiger partial charge is 0.457 e. The van der Waals surface area contributed by atoms with E-state index >= 15 is 4.39 Å². The molecule has 0 amide bonds. The van der Waals surface area contributed by atoms with Crippen LogP contribution < -0.4 is 0 Å². The minimum absolute atomic E-state index is 0.139. The van der Waals surface area contributed by atoms with E-state index in [0.29, 0.717) is 12.0 Å². The summed E-state index contributed by atoms with van der Waals surface area (Å²) in [6.07, 6.45) is 3.11. The number of carbonyl (C=O) groups is 3. The van der Waals surface area contributed by atoms with Crippen LogP contribution in [-0.2, 0) is 19.1 Å². The highest BCUT2D eigenvalue weighted by atomic mass is 19.1. The first-order valence-corrected chi connectivity index (χ1v) is 12.3. The van der Waals surface area contributed by atoms with Gasteiger partial charge in [-0.1, -0.05) is 26.8 Å². The molecule has 2 N–H and O–H groups in total. The Morgan fingerprint density at radius 1 is 1.24 bits per heavy atom. The number of aliphatic hydroxyl groups excluding tert-OH is 1. The van der Waals surface area contributed by atoms with Crippen LogP contribution in [0.3, 0.4) is 0 Å². The van der Waals surface area contributed by atoms with Crippen LogP contribution in [0.15, 0.2) is 23.8 Å². The summed E-state index contributed by atoms with van der Waals surface area (Å²) >= 11 is 0. The zero-order chi connectivity index (χ0) is 25.4. The third kappa shape index (κ3) is 3.37. The molecule has 0 aromatic rings. The van der Waals surface area contributed by atoms with Crippen LogP contribution in [0, 0.1) is 39.9 Å². The molecule has 0 saturated heterocycles. The molecule has 0 spiro atoms. The number of rotatable bonds is 3. The second kappa shape index (κ2) is 7.82. The predicted molar refractivity (Wildman–Crippen MR) is 123 cm³/mol. The zero-order valence-electron chi connectivity index (χ0n) is 20.9. The maximum atomic E-state index is 15.5. The number of hydrogen-bond donors (Lipinski definition) is 2. The number of ketones is 2. The van der Waals surface area contributed by atoms with Crippen molar-refractivity contribution in [1.82, 2.24) is 0 Å². The fraction of sp³-hybridized carbons (Fsp3) is 0.741. The Hall–Kier alpha value is -1.86. The van der Waals surface area contributed by atoms with Gasteiger partial charge in [0, 0.05) is 16.7 Å². The zero-order valence-corrected chi connectivity index (χ0v) is 20.9. The van der Waals surface area contributed by atoms with Crippen molar-refractivity contribution in [2.24, 2.45) is 39.9 Å². The Kier molecular flexibility index (Phi) is 5.81. The van der Waals surface area contributed by atoms with Crippen LogP contribution in [0.2, 0.25) is 0 Å². The smallest absolute Gasteiger partial charge is 0.311 e. The monoisotopic (exact) mass is 476 g/mol. The van der Waals surface area contributed by atoms with Gasteiger partial charge in [0.1, 0.15) is 11.8 Å². The van der Waals surface area contributed by atoms with Crippen molar-refractivity contribution in [2.75, 3.05) is 6.61 Å². The van der Waals surface area contributed by atoms with E-state index in [1.54, 1.807) is 33.8 Å². The van der Waals surface area contributed by atoms with Crippen molar-refractivity contribution in [3.8, 4) is 0 Å². The Balaban J connectivity index is 1.67. The van der Waals surface area contributed by atoms with E-state index in [2.05, 4.69) is 0 Å². The number of halogens is 1. The summed E-state index contributed by atoms with van der Waals surface area (Å²) in [4.78, 5) is 37.6. The van der Waals surface area contributed by atoms with Crippen LogP contribution in [0.5, 0.6) is 0 Å². The fourth-order valence-corrected chi connectivity index (χ4v) is 7.72. The van der Waals surface area contributed by atoms with Gasteiger partial charge in [0.05, 0.1) is 11.5 Å². The average molecular weight is 477 g/mol. The van der Waals surface area contributed by atoms with Gasteiger partial charge in [0.2, 0.25) is 5.78 Å². The molecule has 188 valence electrons. The van der Waals surface area contributed by atoms with Crippen molar-refractivity contribution >= 4 is 17.5 Å². The van der Waals surface area contributed by atoms with E-state index in [1.165, 1.54) is 12.2 Å². The van der Waals surface area contributed by atoms with E-state index < -0.39 is 58.4 Å². The Morgan fingerprint density at radius 3 is 2.50 bits per heavy atom. The molecule has 4 aliphatic carbocycles. The SMILES string of the molecule is C[C@@H]1C[C@H]2[C@@H]3C[C@H](F)C4=CC(=O)C=C[C@]4(C)[C@H]3[C@@H](O)C[C@]2(C)[C@@]1(O)C(=O)COC(=O)C(C)(C)C. The van der Waals surface area contributed by atoms with Gasteiger partial charge in [0.15, 0.2) is 12.4 Å². The van der Waals surface area contributed by atoms with Gasteiger partial charge in [-0.25, -0.2) is 4.39 Å². The van der Waals surface area contributed by atoms with Crippen LogP contribution in [0.4, 0.5) is 4.39 Å². The van der Waals surface area contributed by atoms with Crippen molar-refractivity contribution in [3.05, 3.63) is 23.8 Å². The summed E-state index contributed by atoms with van der Waals surface area (Å²) < 4.78 is 20.7. The molecule has 0 heterocycles. The fourth-order valence-electron chi connectivity index (χ4n) is 7.72. The van der Waals surface area contributed by atoms with E-state index in [-0.39, 0.29) is 36.4 Å². The molecule has 4 aliphatic rings. The number of aliphatic hydroxyl groups is 2. The molecule has 34 heavy (non-hydrogen) atoms. The summed E-state index contributed by atoms with van der Waals surface area (Å²) in [5.41, 5.74) is -3.96. The summed E-state index contributed by atoms with van der Waals surface area (Å²) in [5, 5.41) is 23.3. The average Bonchev–Trinajstić information content (AvgIpc) is 2.93. The first kappa shape index (κ1) is 25.2. The van der Waals surface area contributed by atoms with Gasteiger partial charge >= 0.3 is 5.97 Å². The lowest BCUT2D eigenvalue weighted by molar-refractivity contribution is -0.188. The van der Waals surface area contributed by atoms with E-state index in [1.807, 2.05) is 13.8 Å². The summed E-state index contributed by atoms with van der Waals surface area (Å²) in [7, 11) is 0. The molecule has 0 aromatic carbocycles. The van der Waals surface area contributed by atoms with Crippen LogP contribution in [0.1, 0.15) is 60.8 Å². The highest BCUT2D eigenvalue weighted by Gasteiger charge is 2.71. The van der Waals surface area contributed by atoms with E-state index in [0.717, 1.165) is 0 Å². The summed E-state index contributed by atoms with van der Waals surface area (Å²) in [6, 6.07) is 0. The van der Waals surface area contributed by atoms with E-state index in [9.17, 15) is 24.6 Å². The molecule has 3 fully saturated rings. The van der Waals surface area contributed by atoms with Gasteiger partial charge < -0.3 is 14.9 Å². The van der Waals surface area contributed by atoms with Crippen LogP contribution in [0.25, 0.3) is 0 Å². The standard InChI is InChI=1S/C27H37FO6/c1-14-9-17-16-11-19(28)18-10-15(29)7-8-25(18,5)22(16)20(30)12-26(17,6)27(14,33)21(31)13-34-23(32)24(2,3)4/h7-8,10,14,16-17,19-20,22,30,33H,9,11-13H2,1-6H3/t14-,16+,17+,19+,20+,22-,25+,26+,27+/m1/s1. The van der Waals surface area contributed by atoms with Crippen molar-refractivity contribution in [3.63, 3.8) is 0 Å². The third-order valence-electron chi connectivity index (χ3n) is 9.43. The number of Topliss-reactive ketones (excluding diaryl/α,β-unsaturated/α-hetero) is 1. The molecular weight excluding hydrogens is 439 g/mol. The topological polar surface area (TPSA) is 101 Å². The highest BCUT2D eigenvalue weighted by molar-refractivity contribution is 6.01. The summed E-state index contributed by atoms with van der Waals surface area (Å²) in [5.74, 6) is -2.59. The first-order chi connectivity index (χ1) is 15.6. The van der Waals surface area contributed by atoms with Crippen LogP contribution in [-0.4, -0.2) is 52.2 Å². The Labute approximate surface area is 200 Å². The summed E-state index contributed by atoms with van der Waals surface area (Å²) in [6.45, 7) is 10.0. The number of carbonyl (C=O) groups excluding carboxylic acids is 3. The van der Waals surface area contributed by atoms with Gasteiger partial charge in [0.25, 0.3) is 0 Å². The number of hydrogen-bond acceptors (Lipinski definition) is 6. The number of allylic oxidation sites excluding steroid dienone is 4. The molecule has 9 atom stereocenters.